The van der Waals surface area contributed by atoms with Crippen molar-refractivity contribution >= 4 is 5.78 Å². The molecule has 0 saturated heterocycles. The summed E-state index contributed by atoms with van der Waals surface area (Å²) in [6.45, 7) is 17.2. The number of rotatable bonds is 8. The Bertz CT molecular complexity index is 308. The molecule has 0 fully saturated rings. The van der Waals surface area contributed by atoms with Crippen LogP contribution in [0, 0.1) is 35.5 Å². The first-order valence-electron chi connectivity index (χ1n) is 7.92. The lowest BCUT2D eigenvalue weighted by molar-refractivity contribution is -0.121. The highest BCUT2D eigenvalue weighted by molar-refractivity contribution is 5.92. The first-order valence-corrected chi connectivity index (χ1v) is 7.92. The third-order valence-electron chi connectivity index (χ3n) is 4.05. The number of methoxy groups -OCH3 is 1. The number of allylic oxidation sites excluding steroid dienone is 2. The molecule has 0 bridgehead atoms. The molecule has 0 aromatic carbocycles. The summed E-state index contributed by atoms with van der Waals surface area (Å²) < 4.78 is 5.56. The number of hydrogen-bond donors (Lipinski definition) is 0. The quantitative estimate of drug-likeness (QED) is 0.465. The van der Waals surface area contributed by atoms with Crippen LogP contribution in [0.25, 0.3) is 0 Å². The Labute approximate surface area is 126 Å². The second-order valence-corrected chi connectivity index (χ2v) is 7.18. The minimum absolute atomic E-state index is 0.0696. The van der Waals surface area contributed by atoms with E-state index in [4.69, 9.17) is 4.74 Å². The molecule has 0 spiro atoms. The molecule has 0 saturated carbocycles. The van der Waals surface area contributed by atoms with E-state index in [-0.39, 0.29) is 11.7 Å². The summed E-state index contributed by atoms with van der Waals surface area (Å²) in [7, 11) is 1.68. The normalized spacial score (nSPS) is 13.4. The third kappa shape index (κ3) is 5.30. The average molecular weight is 282 g/mol. The zero-order valence-electron chi connectivity index (χ0n) is 14.9. The Balaban J connectivity index is 5.36. The summed E-state index contributed by atoms with van der Waals surface area (Å²) in [4.78, 5) is 12.6. The maximum atomic E-state index is 12.6. The standard InChI is InChI=1S/C18H34O2/c1-11(2)17(12(3)4)15(19)10-16(20-9)18(13(5)6)14(7)8/h10-14,17-18H,1-9H3/b16-10-. The average Bonchev–Trinajstić information content (AvgIpc) is 2.25. The molecule has 2 heteroatoms. The molecule has 0 amide bonds. The highest BCUT2D eigenvalue weighted by Gasteiger charge is 2.28. The topological polar surface area (TPSA) is 26.3 Å². The van der Waals surface area contributed by atoms with Gasteiger partial charge in [-0.1, -0.05) is 55.4 Å². The first kappa shape index (κ1) is 19.2. The van der Waals surface area contributed by atoms with Gasteiger partial charge in [-0.05, 0) is 23.7 Å². The van der Waals surface area contributed by atoms with Crippen LogP contribution in [-0.2, 0) is 9.53 Å². The van der Waals surface area contributed by atoms with E-state index in [0.29, 0.717) is 29.6 Å². The Hall–Kier alpha value is -0.790. The molecule has 20 heavy (non-hydrogen) atoms. The molecule has 0 aromatic heterocycles. The van der Waals surface area contributed by atoms with Crippen LogP contribution in [0.2, 0.25) is 0 Å². The number of hydrogen-bond acceptors (Lipinski definition) is 2. The Morgan fingerprint density at radius 1 is 0.750 bits per heavy atom. The van der Waals surface area contributed by atoms with Gasteiger partial charge < -0.3 is 4.74 Å². The SMILES string of the molecule is CO/C(=C\C(=O)C(C(C)C)C(C)C)C(C(C)C)C(C)C. The van der Waals surface area contributed by atoms with E-state index in [9.17, 15) is 4.79 Å². The first-order chi connectivity index (χ1) is 9.13. The fourth-order valence-electron chi connectivity index (χ4n) is 3.38. The van der Waals surface area contributed by atoms with Crippen molar-refractivity contribution < 1.29 is 9.53 Å². The van der Waals surface area contributed by atoms with Gasteiger partial charge in [-0.3, -0.25) is 4.79 Å². The molecule has 118 valence electrons. The zero-order chi connectivity index (χ0) is 16.0. The van der Waals surface area contributed by atoms with Crippen LogP contribution in [-0.4, -0.2) is 12.9 Å². The zero-order valence-corrected chi connectivity index (χ0v) is 14.9. The van der Waals surface area contributed by atoms with Crippen LogP contribution in [0.1, 0.15) is 55.4 Å². The largest absolute Gasteiger partial charge is 0.501 e. The summed E-state index contributed by atoms with van der Waals surface area (Å²) in [5, 5.41) is 0. The van der Waals surface area contributed by atoms with Crippen molar-refractivity contribution in [2.45, 2.75) is 55.4 Å². The van der Waals surface area contributed by atoms with E-state index in [1.165, 1.54) is 0 Å². The number of carbonyl (C=O) groups is 1. The fourth-order valence-corrected chi connectivity index (χ4v) is 3.38. The van der Waals surface area contributed by atoms with Gasteiger partial charge in [0, 0.05) is 17.9 Å². The van der Waals surface area contributed by atoms with Crippen LogP contribution in [0.3, 0.4) is 0 Å². The van der Waals surface area contributed by atoms with Gasteiger partial charge in [-0.15, -0.1) is 0 Å². The van der Waals surface area contributed by atoms with Gasteiger partial charge in [0.05, 0.1) is 7.11 Å². The molecular formula is C18H34O2. The lowest BCUT2D eigenvalue weighted by atomic mass is 9.79. The van der Waals surface area contributed by atoms with E-state index < -0.39 is 0 Å². The van der Waals surface area contributed by atoms with E-state index >= 15 is 0 Å². The third-order valence-corrected chi connectivity index (χ3v) is 4.05. The van der Waals surface area contributed by atoms with E-state index in [1.807, 2.05) is 0 Å². The highest BCUT2D eigenvalue weighted by Crippen LogP contribution is 2.30. The lowest BCUT2D eigenvalue weighted by Gasteiger charge is -2.28. The van der Waals surface area contributed by atoms with Gasteiger partial charge in [0.25, 0.3) is 0 Å². The van der Waals surface area contributed by atoms with E-state index in [0.717, 1.165) is 5.76 Å². The number of ketones is 1. The van der Waals surface area contributed by atoms with Crippen LogP contribution < -0.4 is 0 Å². The minimum Gasteiger partial charge on any atom is -0.501 e. The molecule has 0 aliphatic carbocycles. The van der Waals surface area contributed by atoms with Crippen LogP contribution in [0.15, 0.2) is 11.8 Å². The van der Waals surface area contributed by atoms with Crippen molar-refractivity contribution in [3.63, 3.8) is 0 Å². The Morgan fingerprint density at radius 3 is 1.35 bits per heavy atom. The summed E-state index contributed by atoms with van der Waals surface area (Å²) in [6, 6.07) is 0. The second-order valence-electron chi connectivity index (χ2n) is 7.18. The Morgan fingerprint density at radius 2 is 1.10 bits per heavy atom. The molecule has 0 N–H and O–H groups in total. The molecule has 0 radical (unpaired) electrons. The van der Waals surface area contributed by atoms with E-state index in [1.54, 1.807) is 13.2 Å². The van der Waals surface area contributed by atoms with Crippen molar-refractivity contribution in [2.75, 3.05) is 7.11 Å². The van der Waals surface area contributed by atoms with Crippen molar-refractivity contribution in [2.24, 2.45) is 35.5 Å². The maximum absolute atomic E-state index is 12.6. The maximum Gasteiger partial charge on any atom is 0.162 e. The van der Waals surface area contributed by atoms with Crippen molar-refractivity contribution in [3.05, 3.63) is 11.8 Å². The van der Waals surface area contributed by atoms with Crippen molar-refractivity contribution in [1.82, 2.24) is 0 Å². The van der Waals surface area contributed by atoms with Gasteiger partial charge >= 0.3 is 0 Å². The molecular weight excluding hydrogens is 248 g/mol. The lowest BCUT2D eigenvalue weighted by Crippen LogP contribution is -2.26. The van der Waals surface area contributed by atoms with E-state index in [2.05, 4.69) is 55.4 Å². The van der Waals surface area contributed by atoms with Gasteiger partial charge in [-0.25, -0.2) is 0 Å². The minimum atomic E-state index is 0.0696. The predicted molar refractivity (Wildman–Crippen MR) is 86.4 cm³/mol. The molecule has 0 atom stereocenters. The summed E-state index contributed by atoms with van der Waals surface area (Å²) in [5.74, 6) is 3.05. The molecule has 0 heterocycles. The van der Waals surface area contributed by atoms with Gasteiger partial charge in [-0.2, -0.15) is 0 Å². The summed E-state index contributed by atoms with van der Waals surface area (Å²) in [6.07, 6.45) is 1.76. The molecule has 0 aliphatic heterocycles. The van der Waals surface area contributed by atoms with Crippen LogP contribution in [0.4, 0.5) is 0 Å². The van der Waals surface area contributed by atoms with Crippen LogP contribution >= 0.6 is 0 Å². The molecule has 2 nitrogen and oxygen atoms in total. The highest BCUT2D eigenvalue weighted by atomic mass is 16.5. The predicted octanol–water partition coefficient (Wildman–Crippen LogP) is 4.94. The molecule has 0 aromatic rings. The number of carbonyl (C=O) groups excluding carboxylic acids is 1. The monoisotopic (exact) mass is 282 g/mol. The van der Waals surface area contributed by atoms with Crippen LogP contribution in [0.5, 0.6) is 0 Å². The molecule has 0 rings (SSSR count). The fraction of sp³-hybridized carbons (Fsp3) is 0.833. The van der Waals surface area contributed by atoms with Crippen molar-refractivity contribution in [3.8, 4) is 0 Å². The second kappa shape index (κ2) is 8.49. The number of ether oxygens (including phenoxy) is 1. The van der Waals surface area contributed by atoms with Gasteiger partial charge in [0.2, 0.25) is 0 Å². The Kier molecular flexibility index (Phi) is 8.15. The van der Waals surface area contributed by atoms with Crippen molar-refractivity contribution in [1.29, 1.82) is 0 Å². The smallest absolute Gasteiger partial charge is 0.162 e. The summed E-state index contributed by atoms with van der Waals surface area (Å²) in [5.41, 5.74) is 0. The summed E-state index contributed by atoms with van der Waals surface area (Å²) >= 11 is 0. The van der Waals surface area contributed by atoms with Gasteiger partial charge in [0.15, 0.2) is 5.78 Å². The van der Waals surface area contributed by atoms with Gasteiger partial charge in [0.1, 0.15) is 5.76 Å². The molecule has 0 aliphatic rings. The molecule has 0 unspecified atom stereocenters.